The third kappa shape index (κ3) is 3.60. The van der Waals surface area contributed by atoms with Crippen LogP contribution in [0.4, 0.5) is 6.01 Å². The van der Waals surface area contributed by atoms with Crippen LogP contribution >= 0.6 is 0 Å². The van der Waals surface area contributed by atoms with Gasteiger partial charge in [0.1, 0.15) is 5.76 Å². The summed E-state index contributed by atoms with van der Waals surface area (Å²) < 4.78 is 10.4. The number of nitrogens with zero attached hydrogens (tertiary/aromatic N) is 4. The molecule has 0 N–H and O–H groups in total. The summed E-state index contributed by atoms with van der Waals surface area (Å²) in [7, 11) is 3.76. The van der Waals surface area contributed by atoms with Crippen molar-refractivity contribution in [3.63, 3.8) is 0 Å². The van der Waals surface area contributed by atoms with Crippen molar-refractivity contribution in [3.05, 3.63) is 29.5 Å². The van der Waals surface area contributed by atoms with Gasteiger partial charge >= 0.3 is 6.01 Å². The molecule has 1 saturated heterocycles. The van der Waals surface area contributed by atoms with Gasteiger partial charge in [0, 0.05) is 33.6 Å². The van der Waals surface area contributed by atoms with Crippen LogP contribution < -0.4 is 4.90 Å². The fraction of sp³-hybridized carbons (Fsp3) is 0.588. The molecule has 2 aromatic rings. The molecule has 0 aliphatic carbocycles. The second-order valence-corrected chi connectivity index (χ2v) is 6.55. The predicted molar refractivity (Wildman–Crippen MR) is 89.0 cm³/mol. The van der Waals surface area contributed by atoms with Gasteiger partial charge in [0.15, 0.2) is 5.82 Å². The van der Waals surface area contributed by atoms with Crippen molar-refractivity contribution in [2.75, 3.05) is 32.1 Å². The number of aryl methyl sites for hydroxylation is 2. The number of anilines is 1. The van der Waals surface area contributed by atoms with Crippen molar-refractivity contribution in [2.45, 2.75) is 32.6 Å². The molecule has 3 rings (SSSR count). The number of carbonyl (C=O) groups is 1. The third-order valence-corrected chi connectivity index (χ3v) is 4.61. The van der Waals surface area contributed by atoms with Crippen LogP contribution in [-0.4, -0.2) is 48.1 Å². The summed E-state index contributed by atoms with van der Waals surface area (Å²) in [5.41, 5.74) is 0.677. The number of furan rings is 1. The molecule has 1 amide bonds. The Hall–Kier alpha value is -2.31. The van der Waals surface area contributed by atoms with E-state index in [0.29, 0.717) is 23.3 Å². The lowest BCUT2D eigenvalue weighted by atomic mass is 9.92. The molecule has 7 heteroatoms. The maximum Gasteiger partial charge on any atom is 0.323 e. The standard InChI is InChI=1S/C17H24N4O3/c1-12-14(8-11-23-12)16(22)21-9-6-13(7-10-21)4-5-15-18-17(20(2)3)24-19-15/h8,11,13H,4-7,9-10H2,1-3H3. The molecule has 0 radical (unpaired) electrons. The van der Waals surface area contributed by atoms with Crippen molar-refractivity contribution < 1.29 is 13.7 Å². The second-order valence-electron chi connectivity index (χ2n) is 6.55. The van der Waals surface area contributed by atoms with Crippen LogP contribution in [0, 0.1) is 12.8 Å². The third-order valence-electron chi connectivity index (χ3n) is 4.61. The summed E-state index contributed by atoms with van der Waals surface area (Å²) >= 11 is 0. The molecular formula is C17H24N4O3. The lowest BCUT2D eigenvalue weighted by Gasteiger charge is -2.31. The summed E-state index contributed by atoms with van der Waals surface area (Å²) in [5, 5.41) is 4.01. The number of hydrogen-bond donors (Lipinski definition) is 0. The van der Waals surface area contributed by atoms with Gasteiger partial charge in [-0.25, -0.2) is 0 Å². The van der Waals surface area contributed by atoms with Crippen molar-refractivity contribution >= 4 is 11.9 Å². The fourth-order valence-corrected chi connectivity index (χ4v) is 3.06. The normalized spacial score (nSPS) is 15.7. The molecule has 0 spiro atoms. The summed E-state index contributed by atoms with van der Waals surface area (Å²) in [6.45, 7) is 3.42. The molecule has 0 unspecified atom stereocenters. The van der Waals surface area contributed by atoms with Crippen LogP contribution in [0.3, 0.4) is 0 Å². The molecule has 1 aliphatic rings. The SMILES string of the molecule is Cc1occc1C(=O)N1CCC(CCc2noc(N(C)C)n2)CC1. The maximum absolute atomic E-state index is 12.5. The molecular weight excluding hydrogens is 308 g/mol. The average molecular weight is 332 g/mol. The van der Waals surface area contributed by atoms with Gasteiger partial charge in [0.2, 0.25) is 0 Å². The summed E-state index contributed by atoms with van der Waals surface area (Å²) in [4.78, 5) is 20.5. The van der Waals surface area contributed by atoms with Crippen molar-refractivity contribution in [2.24, 2.45) is 5.92 Å². The van der Waals surface area contributed by atoms with Crippen molar-refractivity contribution in [1.29, 1.82) is 0 Å². The summed E-state index contributed by atoms with van der Waals surface area (Å²) in [6.07, 6.45) is 5.44. The van der Waals surface area contributed by atoms with Crippen LogP contribution in [0.5, 0.6) is 0 Å². The highest BCUT2D eigenvalue weighted by Gasteiger charge is 2.25. The first-order chi connectivity index (χ1) is 11.5. The molecule has 0 bridgehead atoms. The second kappa shape index (κ2) is 7.07. The van der Waals surface area contributed by atoms with Crippen LogP contribution in [0.1, 0.15) is 41.2 Å². The lowest BCUT2D eigenvalue weighted by Crippen LogP contribution is -2.38. The van der Waals surface area contributed by atoms with Gasteiger partial charge in [-0.15, -0.1) is 0 Å². The minimum Gasteiger partial charge on any atom is -0.469 e. The Balaban J connectivity index is 1.46. The Bertz CT molecular complexity index is 684. The zero-order valence-corrected chi connectivity index (χ0v) is 14.5. The number of likely N-dealkylation sites (tertiary alicyclic amines) is 1. The topological polar surface area (TPSA) is 75.6 Å². The molecule has 2 aromatic heterocycles. The highest BCUT2D eigenvalue weighted by molar-refractivity contribution is 5.95. The van der Waals surface area contributed by atoms with Crippen LogP contribution in [0.25, 0.3) is 0 Å². The number of piperidine rings is 1. The molecule has 3 heterocycles. The van der Waals surface area contributed by atoms with Crippen molar-refractivity contribution in [1.82, 2.24) is 15.0 Å². The van der Waals surface area contributed by atoms with E-state index in [2.05, 4.69) is 10.1 Å². The number of carbonyl (C=O) groups excluding carboxylic acids is 1. The van der Waals surface area contributed by atoms with Gasteiger partial charge in [-0.05, 0) is 38.2 Å². The van der Waals surface area contributed by atoms with Gasteiger partial charge in [-0.3, -0.25) is 4.79 Å². The average Bonchev–Trinajstić information content (AvgIpc) is 3.22. The Morgan fingerprint density at radius 2 is 2.12 bits per heavy atom. The van der Waals surface area contributed by atoms with E-state index >= 15 is 0 Å². The zero-order valence-electron chi connectivity index (χ0n) is 14.5. The first kappa shape index (κ1) is 16.5. The zero-order chi connectivity index (χ0) is 17.1. The van der Waals surface area contributed by atoms with E-state index in [1.807, 2.05) is 25.9 Å². The molecule has 24 heavy (non-hydrogen) atoms. The van der Waals surface area contributed by atoms with Gasteiger partial charge < -0.3 is 18.7 Å². The number of hydrogen-bond acceptors (Lipinski definition) is 6. The quantitative estimate of drug-likeness (QED) is 0.837. The predicted octanol–water partition coefficient (Wildman–Crippen LogP) is 2.52. The number of rotatable bonds is 5. The van der Waals surface area contributed by atoms with E-state index in [0.717, 1.165) is 44.6 Å². The largest absolute Gasteiger partial charge is 0.469 e. The van der Waals surface area contributed by atoms with E-state index in [-0.39, 0.29) is 5.91 Å². The Kier molecular flexibility index (Phi) is 4.87. The van der Waals surface area contributed by atoms with Gasteiger partial charge in [0.05, 0.1) is 11.8 Å². The molecule has 1 fully saturated rings. The molecule has 7 nitrogen and oxygen atoms in total. The van der Waals surface area contributed by atoms with E-state index in [4.69, 9.17) is 8.94 Å². The van der Waals surface area contributed by atoms with E-state index < -0.39 is 0 Å². The number of aromatic nitrogens is 2. The molecule has 0 aromatic carbocycles. The van der Waals surface area contributed by atoms with Crippen LogP contribution in [0.2, 0.25) is 0 Å². The van der Waals surface area contributed by atoms with Gasteiger partial charge in [-0.2, -0.15) is 4.98 Å². The summed E-state index contributed by atoms with van der Waals surface area (Å²) in [6, 6.07) is 2.29. The first-order valence-corrected chi connectivity index (χ1v) is 8.38. The molecule has 0 atom stereocenters. The molecule has 1 aliphatic heterocycles. The highest BCUT2D eigenvalue weighted by atomic mass is 16.5. The maximum atomic E-state index is 12.5. The smallest absolute Gasteiger partial charge is 0.323 e. The van der Waals surface area contributed by atoms with Crippen molar-refractivity contribution in [3.8, 4) is 0 Å². The molecule has 130 valence electrons. The fourth-order valence-electron chi connectivity index (χ4n) is 3.06. The number of amides is 1. The van der Waals surface area contributed by atoms with Gasteiger partial charge in [-0.1, -0.05) is 5.16 Å². The minimum atomic E-state index is 0.0773. The monoisotopic (exact) mass is 332 g/mol. The Morgan fingerprint density at radius 3 is 2.71 bits per heavy atom. The Morgan fingerprint density at radius 1 is 1.38 bits per heavy atom. The van der Waals surface area contributed by atoms with Gasteiger partial charge in [0.25, 0.3) is 5.91 Å². The summed E-state index contributed by atoms with van der Waals surface area (Å²) in [5.74, 6) is 2.12. The van der Waals surface area contributed by atoms with E-state index in [1.54, 1.807) is 17.2 Å². The first-order valence-electron chi connectivity index (χ1n) is 8.38. The lowest BCUT2D eigenvalue weighted by molar-refractivity contribution is 0.0685. The van der Waals surface area contributed by atoms with Crippen LogP contribution in [0.15, 0.2) is 21.3 Å². The van der Waals surface area contributed by atoms with E-state index in [9.17, 15) is 4.79 Å². The van der Waals surface area contributed by atoms with E-state index in [1.165, 1.54) is 0 Å². The Labute approximate surface area is 141 Å². The van der Waals surface area contributed by atoms with Crippen LogP contribution in [-0.2, 0) is 6.42 Å². The minimum absolute atomic E-state index is 0.0773. The highest BCUT2D eigenvalue weighted by Crippen LogP contribution is 2.24. The molecule has 0 saturated carbocycles.